The third-order valence-electron chi connectivity index (χ3n) is 5.07. The Morgan fingerprint density at radius 2 is 1.79 bits per heavy atom. The molecule has 1 heterocycles. The summed E-state index contributed by atoms with van der Waals surface area (Å²) < 4.78 is 11.0. The van der Waals surface area contributed by atoms with Crippen LogP contribution < -0.4 is 9.47 Å². The van der Waals surface area contributed by atoms with Crippen LogP contribution >= 0.6 is 0 Å². The lowest BCUT2D eigenvalue weighted by molar-refractivity contribution is -0.131. The summed E-state index contributed by atoms with van der Waals surface area (Å²) in [6.07, 6.45) is 1.31. The van der Waals surface area contributed by atoms with Crippen LogP contribution in [0.1, 0.15) is 24.0 Å². The first-order valence-corrected chi connectivity index (χ1v) is 9.94. The molecule has 1 aliphatic heterocycles. The molecule has 1 amide bonds. The van der Waals surface area contributed by atoms with Gasteiger partial charge in [0.2, 0.25) is 5.91 Å². The number of ether oxygens (including phenoxy) is 2. The van der Waals surface area contributed by atoms with Gasteiger partial charge in [0.15, 0.2) is 11.5 Å². The van der Waals surface area contributed by atoms with Crippen LogP contribution in [-0.4, -0.2) is 55.6 Å². The summed E-state index contributed by atoms with van der Waals surface area (Å²) in [6, 6.07) is 17.3. The van der Waals surface area contributed by atoms with E-state index in [4.69, 9.17) is 14.7 Å². The summed E-state index contributed by atoms with van der Waals surface area (Å²) >= 11 is 0. The second-order valence-electron chi connectivity index (χ2n) is 7.07. The molecule has 1 aliphatic rings. The predicted octanol–water partition coefficient (Wildman–Crippen LogP) is 3.07. The first kappa shape index (κ1) is 20.7. The summed E-state index contributed by atoms with van der Waals surface area (Å²) in [5.74, 6) is 1.46. The van der Waals surface area contributed by atoms with Gasteiger partial charge in [-0.15, -0.1) is 0 Å². The molecule has 0 aromatic heterocycles. The van der Waals surface area contributed by atoms with Crippen molar-refractivity contribution in [1.82, 2.24) is 9.80 Å². The second-order valence-corrected chi connectivity index (χ2v) is 7.07. The number of nitriles is 1. The van der Waals surface area contributed by atoms with E-state index in [1.807, 2.05) is 53.4 Å². The highest BCUT2D eigenvalue weighted by Crippen LogP contribution is 2.25. The maximum Gasteiger partial charge on any atom is 0.226 e. The Balaban J connectivity index is 1.44. The van der Waals surface area contributed by atoms with E-state index in [-0.39, 0.29) is 5.91 Å². The average molecular weight is 393 g/mol. The molecular weight excluding hydrogens is 366 g/mol. The highest BCUT2D eigenvalue weighted by atomic mass is 16.5. The topological polar surface area (TPSA) is 65.8 Å². The fourth-order valence-corrected chi connectivity index (χ4v) is 3.47. The van der Waals surface area contributed by atoms with Crippen molar-refractivity contribution in [2.75, 3.05) is 39.9 Å². The Kier molecular flexibility index (Phi) is 7.48. The van der Waals surface area contributed by atoms with Crippen molar-refractivity contribution in [2.24, 2.45) is 0 Å². The molecule has 1 fully saturated rings. The van der Waals surface area contributed by atoms with E-state index < -0.39 is 0 Å². The van der Waals surface area contributed by atoms with Crippen LogP contribution in [0.2, 0.25) is 0 Å². The van der Waals surface area contributed by atoms with Crippen molar-refractivity contribution in [3.63, 3.8) is 0 Å². The Morgan fingerprint density at radius 3 is 2.52 bits per heavy atom. The molecule has 29 heavy (non-hydrogen) atoms. The van der Waals surface area contributed by atoms with Gasteiger partial charge in [-0.25, -0.2) is 0 Å². The lowest BCUT2D eigenvalue weighted by Crippen LogP contribution is -2.35. The summed E-state index contributed by atoms with van der Waals surface area (Å²) in [5.41, 5.74) is 1.87. The van der Waals surface area contributed by atoms with Crippen LogP contribution in [0.4, 0.5) is 0 Å². The van der Waals surface area contributed by atoms with Crippen LogP contribution in [0.3, 0.4) is 0 Å². The molecule has 1 saturated heterocycles. The third kappa shape index (κ3) is 5.97. The molecule has 0 atom stereocenters. The number of nitrogens with zero attached hydrogens (tertiary/aromatic N) is 3. The summed E-state index contributed by atoms with van der Waals surface area (Å²) in [6.45, 7) is 4.48. The van der Waals surface area contributed by atoms with Gasteiger partial charge in [-0.05, 0) is 36.2 Å². The molecular formula is C23H27N3O3. The molecule has 0 aliphatic carbocycles. The van der Waals surface area contributed by atoms with Crippen molar-refractivity contribution in [2.45, 2.75) is 19.4 Å². The number of hydrogen-bond acceptors (Lipinski definition) is 5. The molecule has 0 bridgehead atoms. The number of rotatable bonds is 7. The summed E-state index contributed by atoms with van der Waals surface area (Å²) in [7, 11) is 1.61. The van der Waals surface area contributed by atoms with Crippen molar-refractivity contribution in [1.29, 1.82) is 5.26 Å². The Bertz CT molecular complexity index is 845. The molecule has 2 aromatic carbocycles. The predicted molar refractivity (Wildman–Crippen MR) is 111 cm³/mol. The summed E-state index contributed by atoms with van der Waals surface area (Å²) in [4.78, 5) is 16.9. The van der Waals surface area contributed by atoms with Gasteiger partial charge in [0.05, 0.1) is 31.8 Å². The third-order valence-corrected chi connectivity index (χ3v) is 5.07. The van der Waals surface area contributed by atoms with E-state index in [1.54, 1.807) is 7.11 Å². The SMILES string of the molecule is COc1ccccc1OCCC(=O)N1CCCN(Cc2ccc(C#N)cc2)CC1. The van der Waals surface area contributed by atoms with Crippen LogP contribution in [-0.2, 0) is 11.3 Å². The number of carbonyl (C=O) groups excluding carboxylic acids is 1. The minimum Gasteiger partial charge on any atom is -0.493 e. The number of carbonyl (C=O) groups is 1. The molecule has 2 aromatic rings. The second kappa shape index (κ2) is 10.5. The monoisotopic (exact) mass is 393 g/mol. The van der Waals surface area contributed by atoms with Crippen molar-refractivity contribution >= 4 is 5.91 Å². The average Bonchev–Trinajstić information content (AvgIpc) is 3.00. The van der Waals surface area contributed by atoms with Gasteiger partial charge < -0.3 is 14.4 Å². The number of hydrogen-bond donors (Lipinski definition) is 0. The quantitative estimate of drug-likeness (QED) is 0.723. The molecule has 0 unspecified atom stereocenters. The maximum atomic E-state index is 12.6. The minimum absolute atomic E-state index is 0.125. The largest absolute Gasteiger partial charge is 0.493 e. The van der Waals surface area contributed by atoms with Gasteiger partial charge in [0.1, 0.15) is 0 Å². The first-order valence-electron chi connectivity index (χ1n) is 9.94. The summed E-state index contributed by atoms with van der Waals surface area (Å²) in [5, 5.41) is 8.91. The Labute approximate surface area is 172 Å². The van der Waals surface area contributed by atoms with Gasteiger partial charge in [0, 0.05) is 32.7 Å². The normalized spacial score (nSPS) is 14.7. The van der Waals surface area contributed by atoms with E-state index >= 15 is 0 Å². The minimum atomic E-state index is 0.125. The molecule has 3 rings (SSSR count). The smallest absolute Gasteiger partial charge is 0.226 e. The van der Waals surface area contributed by atoms with Gasteiger partial charge in [-0.3, -0.25) is 9.69 Å². The number of para-hydroxylation sites is 2. The Morgan fingerprint density at radius 1 is 1.03 bits per heavy atom. The van der Waals surface area contributed by atoms with Crippen LogP contribution in [0, 0.1) is 11.3 Å². The lowest BCUT2D eigenvalue weighted by Gasteiger charge is -2.22. The van der Waals surface area contributed by atoms with E-state index in [0.717, 1.165) is 39.1 Å². The zero-order valence-corrected chi connectivity index (χ0v) is 16.8. The zero-order valence-electron chi connectivity index (χ0n) is 16.8. The molecule has 6 heteroatoms. The standard InChI is InChI=1S/C23H27N3O3/c1-28-21-5-2-3-6-22(21)29-16-11-23(27)26-13-4-12-25(14-15-26)18-20-9-7-19(17-24)8-10-20/h2-3,5-10H,4,11-16,18H2,1H3. The van der Waals surface area contributed by atoms with E-state index in [9.17, 15) is 4.79 Å². The number of amides is 1. The van der Waals surface area contributed by atoms with Crippen LogP contribution in [0.5, 0.6) is 11.5 Å². The van der Waals surface area contributed by atoms with Crippen molar-refractivity contribution < 1.29 is 14.3 Å². The zero-order chi connectivity index (χ0) is 20.5. The molecule has 0 spiro atoms. The Hall–Kier alpha value is -3.04. The fraction of sp³-hybridized carbons (Fsp3) is 0.391. The molecule has 0 N–H and O–H groups in total. The van der Waals surface area contributed by atoms with Crippen molar-refractivity contribution in [3.05, 3.63) is 59.7 Å². The highest BCUT2D eigenvalue weighted by Gasteiger charge is 2.19. The molecule has 152 valence electrons. The van der Waals surface area contributed by atoms with E-state index in [2.05, 4.69) is 11.0 Å². The molecule has 0 radical (unpaired) electrons. The number of methoxy groups -OCH3 is 1. The fourth-order valence-electron chi connectivity index (χ4n) is 3.47. The van der Waals surface area contributed by atoms with Crippen LogP contribution in [0.15, 0.2) is 48.5 Å². The van der Waals surface area contributed by atoms with Crippen molar-refractivity contribution in [3.8, 4) is 17.6 Å². The first-order chi connectivity index (χ1) is 14.2. The van der Waals surface area contributed by atoms with Gasteiger partial charge in [-0.2, -0.15) is 5.26 Å². The molecule has 6 nitrogen and oxygen atoms in total. The molecule has 0 saturated carbocycles. The number of benzene rings is 2. The maximum absolute atomic E-state index is 12.6. The van der Waals surface area contributed by atoms with E-state index in [1.165, 1.54) is 5.56 Å². The van der Waals surface area contributed by atoms with Gasteiger partial charge >= 0.3 is 0 Å². The van der Waals surface area contributed by atoms with Crippen LogP contribution in [0.25, 0.3) is 0 Å². The van der Waals surface area contributed by atoms with Gasteiger partial charge in [-0.1, -0.05) is 24.3 Å². The highest BCUT2D eigenvalue weighted by molar-refractivity contribution is 5.76. The van der Waals surface area contributed by atoms with E-state index in [0.29, 0.717) is 30.1 Å². The van der Waals surface area contributed by atoms with Gasteiger partial charge in [0.25, 0.3) is 0 Å². The lowest BCUT2D eigenvalue weighted by atomic mass is 10.1.